The summed E-state index contributed by atoms with van der Waals surface area (Å²) < 4.78 is 5.16. The van der Waals surface area contributed by atoms with Gasteiger partial charge in [-0.2, -0.15) is 0 Å². The second-order valence-corrected chi connectivity index (χ2v) is 4.28. The molecule has 0 bridgehead atoms. The number of aliphatic imine (C=N–C) groups is 1. The van der Waals surface area contributed by atoms with Gasteiger partial charge in [0, 0.05) is 24.2 Å². The molecule has 0 N–H and O–H groups in total. The van der Waals surface area contributed by atoms with Crippen molar-refractivity contribution in [1.82, 2.24) is 4.98 Å². The Morgan fingerprint density at radius 3 is 2.89 bits per heavy atom. The molecule has 1 aliphatic heterocycles. The molecular weight excluding hydrogens is 240 g/mol. The van der Waals surface area contributed by atoms with E-state index in [1.54, 1.807) is 31.5 Å². The number of carbonyl (C=O) groups is 1. The lowest BCUT2D eigenvalue weighted by Crippen LogP contribution is -2.18. The molecule has 0 radical (unpaired) electrons. The summed E-state index contributed by atoms with van der Waals surface area (Å²) in [7, 11) is 1.60. The van der Waals surface area contributed by atoms with Crippen LogP contribution in [0.5, 0.6) is 5.75 Å². The number of nitrogens with zero attached hydrogens (tertiary/aromatic N) is 2. The van der Waals surface area contributed by atoms with E-state index < -0.39 is 0 Å². The van der Waals surface area contributed by atoms with Crippen LogP contribution in [0.25, 0.3) is 0 Å². The molecule has 1 aromatic carbocycles. The minimum Gasteiger partial charge on any atom is -0.497 e. The van der Waals surface area contributed by atoms with Crippen LogP contribution in [0.2, 0.25) is 0 Å². The molecule has 0 spiro atoms. The monoisotopic (exact) mass is 252 g/mol. The lowest BCUT2D eigenvalue weighted by atomic mass is 9.97. The number of methoxy groups -OCH3 is 1. The standard InChI is InChI=1S/C15H12N2O2/c1-19-11-6-7-16-13(9-11)14-8-10-4-2-3-5-12(10)15(18)17-14/h2-7,9H,8H2,1H3. The van der Waals surface area contributed by atoms with Crippen LogP contribution in [0.4, 0.5) is 0 Å². The van der Waals surface area contributed by atoms with Gasteiger partial charge in [-0.15, -0.1) is 0 Å². The molecule has 3 rings (SSSR count). The molecule has 1 amide bonds. The van der Waals surface area contributed by atoms with Crippen molar-refractivity contribution in [3.63, 3.8) is 0 Å². The van der Waals surface area contributed by atoms with Crippen LogP contribution in [0, 0.1) is 0 Å². The highest BCUT2D eigenvalue weighted by molar-refractivity contribution is 6.14. The van der Waals surface area contributed by atoms with E-state index in [1.165, 1.54) is 0 Å². The molecule has 0 aliphatic carbocycles. The van der Waals surface area contributed by atoms with Gasteiger partial charge in [-0.25, -0.2) is 4.99 Å². The Morgan fingerprint density at radius 1 is 1.21 bits per heavy atom. The second-order valence-electron chi connectivity index (χ2n) is 4.28. The van der Waals surface area contributed by atoms with Gasteiger partial charge in [0.25, 0.3) is 5.91 Å². The van der Waals surface area contributed by atoms with Gasteiger partial charge < -0.3 is 4.74 Å². The van der Waals surface area contributed by atoms with Crippen molar-refractivity contribution in [2.24, 2.45) is 4.99 Å². The molecule has 2 heterocycles. The van der Waals surface area contributed by atoms with Gasteiger partial charge in [0.1, 0.15) is 5.75 Å². The van der Waals surface area contributed by atoms with E-state index in [1.807, 2.05) is 18.2 Å². The van der Waals surface area contributed by atoms with E-state index in [0.29, 0.717) is 29.1 Å². The molecule has 1 aliphatic rings. The summed E-state index contributed by atoms with van der Waals surface area (Å²) in [6.45, 7) is 0. The maximum atomic E-state index is 12.0. The Bertz CT molecular complexity index is 677. The van der Waals surface area contributed by atoms with Crippen LogP contribution in [0.1, 0.15) is 21.6 Å². The van der Waals surface area contributed by atoms with Crippen LogP contribution in [0.3, 0.4) is 0 Å². The lowest BCUT2D eigenvalue weighted by molar-refractivity contribution is 0.1000. The molecule has 0 saturated heterocycles. The first-order chi connectivity index (χ1) is 9.28. The fourth-order valence-electron chi connectivity index (χ4n) is 2.13. The van der Waals surface area contributed by atoms with E-state index in [2.05, 4.69) is 9.98 Å². The number of carbonyl (C=O) groups excluding carboxylic acids is 1. The number of fused-ring (bicyclic) bond motifs is 1. The molecule has 4 nitrogen and oxygen atoms in total. The zero-order chi connectivity index (χ0) is 13.2. The molecule has 19 heavy (non-hydrogen) atoms. The first-order valence-corrected chi connectivity index (χ1v) is 5.98. The van der Waals surface area contributed by atoms with Crippen molar-refractivity contribution in [2.75, 3.05) is 7.11 Å². The Balaban J connectivity index is 2.02. The molecule has 0 unspecified atom stereocenters. The maximum Gasteiger partial charge on any atom is 0.277 e. The fourth-order valence-corrected chi connectivity index (χ4v) is 2.13. The normalized spacial score (nSPS) is 13.7. The Morgan fingerprint density at radius 2 is 2.05 bits per heavy atom. The molecule has 94 valence electrons. The molecule has 0 atom stereocenters. The third-order valence-electron chi connectivity index (χ3n) is 3.10. The summed E-state index contributed by atoms with van der Waals surface area (Å²) in [5.41, 5.74) is 3.03. The van der Waals surface area contributed by atoms with Gasteiger partial charge in [-0.05, 0) is 17.7 Å². The summed E-state index contributed by atoms with van der Waals surface area (Å²) in [6, 6.07) is 11.1. The molecule has 2 aromatic rings. The summed E-state index contributed by atoms with van der Waals surface area (Å²) in [5.74, 6) is 0.500. The van der Waals surface area contributed by atoms with Gasteiger partial charge in [0.2, 0.25) is 0 Å². The number of benzene rings is 1. The number of hydrogen-bond donors (Lipinski definition) is 0. The zero-order valence-corrected chi connectivity index (χ0v) is 10.5. The fraction of sp³-hybridized carbons (Fsp3) is 0.133. The van der Waals surface area contributed by atoms with E-state index in [0.717, 1.165) is 5.56 Å². The summed E-state index contributed by atoms with van der Waals surface area (Å²) in [5, 5.41) is 0. The molecule has 0 fully saturated rings. The van der Waals surface area contributed by atoms with Gasteiger partial charge in [0.05, 0.1) is 18.5 Å². The molecule has 1 aromatic heterocycles. The lowest BCUT2D eigenvalue weighted by Gasteiger charge is -2.14. The average Bonchev–Trinajstić information content (AvgIpc) is 2.47. The Kier molecular flexibility index (Phi) is 2.83. The van der Waals surface area contributed by atoms with Crippen LogP contribution in [0.15, 0.2) is 47.6 Å². The zero-order valence-electron chi connectivity index (χ0n) is 10.5. The molecular formula is C15H12N2O2. The third kappa shape index (κ3) is 2.12. The first kappa shape index (κ1) is 11.6. The highest BCUT2D eigenvalue weighted by Gasteiger charge is 2.20. The average molecular weight is 252 g/mol. The number of hydrogen-bond acceptors (Lipinski definition) is 3. The van der Waals surface area contributed by atoms with Crippen LogP contribution >= 0.6 is 0 Å². The van der Waals surface area contributed by atoms with Gasteiger partial charge in [-0.1, -0.05) is 18.2 Å². The third-order valence-corrected chi connectivity index (χ3v) is 3.10. The first-order valence-electron chi connectivity index (χ1n) is 5.98. The highest BCUT2D eigenvalue weighted by atomic mass is 16.5. The van der Waals surface area contributed by atoms with E-state index in [4.69, 9.17) is 4.74 Å². The number of ether oxygens (including phenoxy) is 1. The van der Waals surface area contributed by atoms with Crippen LogP contribution < -0.4 is 4.74 Å². The highest BCUT2D eigenvalue weighted by Crippen LogP contribution is 2.20. The maximum absolute atomic E-state index is 12.0. The van der Waals surface area contributed by atoms with Crippen molar-refractivity contribution in [1.29, 1.82) is 0 Å². The summed E-state index contributed by atoms with van der Waals surface area (Å²) in [4.78, 5) is 20.4. The topological polar surface area (TPSA) is 51.6 Å². The van der Waals surface area contributed by atoms with Gasteiger partial charge >= 0.3 is 0 Å². The van der Waals surface area contributed by atoms with E-state index in [9.17, 15) is 4.79 Å². The minimum atomic E-state index is -0.207. The van der Waals surface area contributed by atoms with Crippen molar-refractivity contribution in [3.8, 4) is 5.75 Å². The minimum absolute atomic E-state index is 0.207. The van der Waals surface area contributed by atoms with Crippen molar-refractivity contribution in [2.45, 2.75) is 6.42 Å². The number of amides is 1. The predicted molar refractivity (Wildman–Crippen MR) is 71.8 cm³/mol. The van der Waals surface area contributed by atoms with Gasteiger partial charge in [0.15, 0.2) is 0 Å². The summed E-state index contributed by atoms with van der Waals surface area (Å²) >= 11 is 0. The van der Waals surface area contributed by atoms with E-state index in [-0.39, 0.29) is 5.91 Å². The van der Waals surface area contributed by atoms with Crippen molar-refractivity contribution >= 4 is 11.6 Å². The van der Waals surface area contributed by atoms with Crippen molar-refractivity contribution < 1.29 is 9.53 Å². The van der Waals surface area contributed by atoms with Crippen LogP contribution in [-0.2, 0) is 6.42 Å². The van der Waals surface area contributed by atoms with Crippen LogP contribution in [-0.4, -0.2) is 23.7 Å². The Labute approximate surface area is 110 Å². The Hall–Kier alpha value is -2.49. The SMILES string of the molecule is COc1ccnc(C2=NC(=O)c3ccccc3C2)c1. The van der Waals surface area contributed by atoms with Crippen molar-refractivity contribution in [3.05, 3.63) is 59.4 Å². The molecule has 4 heteroatoms. The largest absolute Gasteiger partial charge is 0.497 e. The second kappa shape index (κ2) is 4.65. The smallest absolute Gasteiger partial charge is 0.277 e. The number of pyridine rings is 1. The molecule has 0 saturated carbocycles. The quantitative estimate of drug-likeness (QED) is 0.823. The predicted octanol–water partition coefficient (Wildman–Crippen LogP) is 2.28. The summed E-state index contributed by atoms with van der Waals surface area (Å²) in [6.07, 6.45) is 2.27. The number of rotatable bonds is 2. The van der Waals surface area contributed by atoms with E-state index >= 15 is 0 Å². The van der Waals surface area contributed by atoms with Gasteiger partial charge in [-0.3, -0.25) is 9.78 Å². The number of aromatic nitrogens is 1.